The molecule has 92 valence electrons. The van der Waals surface area contributed by atoms with E-state index in [-0.39, 0.29) is 0 Å². The molecular weight excluding hydrogens is 311 g/mol. The molecule has 0 radical (unpaired) electrons. The topological polar surface area (TPSA) is 78.4 Å². The molecule has 0 saturated carbocycles. The second kappa shape index (κ2) is 5.88. The van der Waals surface area contributed by atoms with E-state index in [4.69, 9.17) is 16.7 Å². The Balaban J connectivity index is 2.65. The number of aliphatic carboxylic acids is 1. The standard InChI is InChI=1S/C10H10BrClN2O3/c1-5(9(15)16)13-10(17)14-8-3-2-6(11)4-7(8)12/h2-5H,1H3,(H,15,16)(H2,13,14,17)/t5-/m0/s1. The zero-order chi connectivity index (χ0) is 13.0. The van der Waals surface area contributed by atoms with Gasteiger partial charge < -0.3 is 15.7 Å². The van der Waals surface area contributed by atoms with Crippen LogP contribution in [0, 0.1) is 0 Å². The Hall–Kier alpha value is -1.27. The molecule has 0 heterocycles. The molecule has 0 aromatic heterocycles. The second-order valence-corrected chi connectivity index (χ2v) is 4.61. The molecule has 2 amide bonds. The number of hydrogen-bond acceptors (Lipinski definition) is 2. The van der Waals surface area contributed by atoms with Gasteiger partial charge in [-0.2, -0.15) is 0 Å². The second-order valence-electron chi connectivity index (χ2n) is 3.28. The predicted octanol–water partition coefficient (Wildman–Crippen LogP) is 2.70. The Morgan fingerprint density at radius 2 is 2.12 bits per heavy atom. The van der Waals surface area contributed by atoms with Crippen LogP contribution in [0.15, 0.2) is 22.7 Å². The Morgan fingerprint density at radius 3 is 2.65 bits per heavy atom. The smallest absolute Gasteiger partial charge is 0.325 e. The monoisotopic (exact) mass is 320 g/mol. The van der Waals surface area contributed by atoms with Crippen molar-refractivity contribution < 1.29 is 14.7 Å². The molecule has 0 unspecified atom stereocenters. The summed E-state index contributed by atoms with van der Waals surface area (Å²) in [6, 6.07) is 3.35. The van der Waals surface area contributed by atoms with Gasteiger partial charge in [-0.15, -0.1) is 0 Å². The quantitative estimate of drug-likeness (QED) is 0.801. The highest BCUT2D eigenvalue weighted by atomic mass is 79.9. The number of carboxylic acids is 1. The number of amides is 2. The minimum atomic E-state index is -1.11. The van der Waals surface area contributed by atoms with Crippen LogP contribution in [-0.4, -0.2) is 23.1 Å². The van der Waals surface area contributed by atoms with Gasteiger partial charge in [0.05, 0.1) is 10.7 Å². The van der Waals surface area contributed by atoms with Crippen LogP contribution in [0.5, 0.6) is 0 Å². The Kier molecular flexibility index (Phi) is 4.77. The van der Waals surface area contributed by atoms with Crippen molar-refractivity contribution in [2.24, 2.45) is 0 Å². The summed E-state index contributed by atoms with van der Waals surface area (Å²) in [5.74, 6) is -1.11. The summed E-state index contributed by atoms with van der Waals surface area (Å²) < 4.78 is 0.785. The summed E-state index contributed by atoms with van der Waals surface area (Å²) in [4.78, 5) is 21.9. The first-order valence-corrected chi connectivity index (χ1v) is 5.82. The molecule has 0 bridgehead atoms. The van der Waals surface area contributed by atoms with Gasteiger partial charge in [-0.3, -0.25) is 4.79 Å². The maximum Gasteiger partial charge on any atom is 0.325 e. The van der Waals surface area contributed by atoms with Crippen molar-refractivity contribution in [3.8, 4) is 0 Å². The number of benzene rings is 1. The minimum absolute atomic E-state index is 0.359. The molecule has 1 atom stereocenters. The zero-order valence-corrected chi connectivity index (χ0v) is 11.2. The zero-order valence-electron chi connectivity index (χ0n) is 8.83. The van der Waals surface area contributed by atoms with Crippen molar-refractivity contribution in [1.82, 2.24) is 5.32 Å². The lowest BCUT2D eigenvalue weighted by atomic mass is 10.3. The summed E-state index contributed by atoms with van der Waals surface area (Å²) >= 11 is 9.12. The largest absolute Gasteiger partial charge is 0.480 e. The molecule has 1 aromatic carbocycles. The first-order valence-electron chi connectivity index (χ1n) is 4.65. The van der Waals surface area contributed by atoms with Gasteiger partial charge >= 0.3 is 12.0 Å². The third-order valence-corrected chi connectivity index (χ3v) is 2.70. The first-order chi connectivity index (χ1) is 7.90. The maximum absolute atomic E-state index is 11.4. The van der Waals surface area contributed by atoms with E-state index in [1.165, 1.54) is 6.92 Å². The van der Waals surface area contributed by atoms with Crippen molar-refractivity contribution in [3.05, 3.63) is 27.7 Å². The molecule has 7 heteroatoms. The molecule has 0 aliphatic carbocycles. The lowest BCUT2D eigenvalue weighted by Gasteiger charge is -2.11. The van der Waals surface area contributed by atoms with Crippen LogP contribution in [0.4, 0.5) is 10.5 Å². The summed E-state index contributed by atoms with van der Waals surface area (Å²) in [6.07, 6.45) is 0. The van der Waals surface area contributed by atoms with Crippen molar-refractivity contribution >= 4 is 45.2 Å². The highest BCUT2D eigenvalue weighted by molar-refractivity contribution is 9.10. The van der Waals surface area contributed by atoms with Gasteiger partial charge in [0.2, 0.25) is 0 Å². The number of carbonyl (C=O) groups excluding carboxylic acids is 1. The van der Waals surface area contributed by atoms with Crippen LogP contribution in [0.25, 0.3) is 0 Å². The average molecular weight is 322 g/mol. The summed E-state index contributed by atoms with van der Waals surface area (Å²) in [6.45, 7) is 1.37. The van der Waals surface area contributed by atoms with Crippen molar-refractivity contribution in [3.63, 3.8) is 0 Å². The molecule has 17 heavy (non-hydrogen) atoms. The predicted molar refractivity (Wildman–Crippen MR) is 68.4 cm³/mol. The molecule has 0 saturated heterocycles. The minimum Gasteiger partial charge on any atom is -0.480 e. The fourth-order valence-electron chi connectivity index (χ4n) is 1.01. The van der Waals surface area contributed by atoms with E-state index in [0.29, 0.717) is 10.7 Å². The van der Waals surface area contributed by atoms with Crippen molar-refractivity contribution in [2.45, 2.75) is 13.0 Å². The van der Waals surface area contributed by atoms with E-state index in [9.17, 15) is 9.59 Å². The van der Waals surface area contributed by atoms with Crippen molar-refractivity contribution in [1.29, 1.82) is 0 Å². The molecule has 0 fully saturated rings. The number of halogens is 2. The number of carbonyl (C=O) groups is 2. The molecule has 3 N–H and O–H groups in total. The van der Waals surface area contributed by atoms with Gasteiger partial charge in [0.25, 0.3) is 0 Å². The lowest BCUT2D eigenvalue weighted by Crippen LogP contribution is -2.40. The molecule has 0 aliphatic heterocycles. The maximum atomic E-state index is 11.4. The third-order valence-electron chi connectivity index (χ3n) is 1.90. The van der Waals surface area contributed by atoms with Crippen LogP contribution in [0.1, 0.15) is 6.92 Å². The fourth-order valence-corrected chi connectivity index (χ4v) is 1.73. The number of hydrogen-bond donors (Lipinski definition) is 3. The number of urea groups is 1. The van der Waals surface area contributed by atoms with Crippen molar-refractivity contribution in [2.75, 3.05) is 5.32 Å². The van der Waals surface area contributed by atoms with E-state index >= 15 is 0 Å². The number of carboxylic acid groups (broad SMARTS) is 1. The average Bonchev–Trinajstić information content (AvgIpc) is 2.22. The lowest BCUT2D eigenvalue weighted by molar-refractivity contribution is -0.138. The Bertz CT molecular complexity index is 453. The summed E-state index contributed by atoms with van der Waals surface area (Å²) in [5, 5.41) is 13.7. The molecular formula is C10H10BrClN2O3. The molecule has 1 aromatic rings. The van der Waals surface area contributed by atoms with Gasteiger partial charge in [-0.05, 0) is 25.1 Å². The summed E-state index contributed by atoms with van der Waals surface area (Å²) in [7, 11) is 0. The van der Waals surface area contributed by atoms with Gasteiger partial charge in [0, 0.05) is 4.47 Å². The van der Waals surface area contributed by atoms with Gasteiger partial charge in [0.15, 0.2) is 0 Å². The van der Waals surface area contributed by atoms with Crippen LogP contribution in [0.2, 0.25) is 5.02 Å². The number of rotatable bonds is 3. The van der Waals surface area contributed by atoms with Gasteiger partial charge in [-0.25, -0.2) is 4.79 Å². The molecule has 0 aliphatic rings. The van der Waals surface area contributed by atoms with E-state index in [2.05, 4.69) is 26.6 Å². The number of nitrogens with one attached hydrogen (secondary N) is 2. The summed E-state index contributed by atoms with van der Waals surface area (Å²) in [5.41, 5.74) is 0.407. The van der Waals surface area contributed by atoms with Gasteiger partial charge in [0.1, 0.15) is 6.04 Å². The van der Waals surface area contributed by atoms with Crippen LogP contribution < -0.4 is 10.6 Å². The third kappa shape index (κ3) is 4.24. The molecule has 0 spiro atoms. The number of anilines is 1. The van der Waals surface area contributed by atoms with E-state index in [1.807, 2.05) is 0 Å². The Morgan fingerprint density at radius 1 is 1.47 bits per heavy atom. The van der Waals surface area contributed by atoms with Gasteiger partial charge in [-0.1, -0.05) is 27.5 Å². The van der Waals surface area contributed by atoms with Crippen LogP contribution in [0.3, 0.4) is 0 Å². The molecule has 5 nitrogen and oxygen atoms in total. The fraction of sp³-hybridized carbons (Fsp3) is 0.200. The molecule has 1 rings (SSSR count). The normalized spacial score (nSPS) is 11.7. The van der Waals surface area contributed by atoms with Crippen LogP contribution >= 0.6 is 27.5 Å². The SMILES string of the molecule is C[C@H](NC(=O)Nc1ccc(Br)cc1Cl)C(=O)O. The van der Waals surface area contributed by atoms with E-state index in [1.54, 1.807) is 18.2 Å². The highest BCUT2D eigenvalue weighted by Crippen LogP contribution is 2.25. The van der Waals surface area contributed by atoms with E-state index in [0.717, 1.165) is 4.47 Å². The van der Waals surface area contributed by atoms with Crippen LogP contribution in [-0.2, 0) is 4.79 Å². The van der Waals surface area contributed by atoms with E-state index < -0.39 is 18.0 Å². The Labute approximate surface area is 111 Å². The first kappa shape index (κ1) is 13.8. The highest BCUT2D eigenvalue weighted by Gasteiger charge is 2.14.